The van der Waals surface area contributed by atoms with Gasteiger partial charge in [-0.05, 0) is 37.5 Å². The summed E-state index contributed by atoms with van der Waals surface area (Å²) in [4.78, 5) is 11.5. The second-order valence-electron chi connectivity index (χ2n) is 5.54. The average molecular weight is 225 g/mol. The normalized spacial score (nSPS) is 32.1. The van der Waals surface area contributed by atoms with Crippen molar-refractivity contribution in [3.05, 3.63) is 0 Å². The van der Waals surface area contributed by atoms with Gasteiger partial charge < -0.3 is 10.4 Å². The van der Waals surface area contributed by atoms with Gasteiger partial charge in [0.05, 0.1) is 0 Å². The van der Waals surface area contributed by atoms with Gasteiger partial charge >= 0.3 is 0 Å². The number of rotatable bonds is 4. The lowest BCUT2D eigenvalue weighted by Gasteiger charge is -2.28. The summed E-state index contributed by atoms with van der Waals surface area (Å²) in [5.74, 6) is 1.39. The van der Waals surface area contributed by atoms with Crippen molar-refractivity contribution < 1.29 is 9.90 Å². The van der Waals surface area contributed by atoms with Crippen molar-refractivity contribution in [1.82, 2.24) is 5.32 Å². The minimum Gasteiger partial charge on any atom is -0.380 e. The fraction of sp³-hybridized carbons (Fsp3) is 0.923. The standard InChI is InChI=1S/C13H23NO2/c1-2-10-3-5-11(6-4-10)9-14-12(15)13(16)7-8-13/h10-11,16H,2-9H2,1H3,(H,14,15). The summed E-state index contributed by atoms with van der Waals surface area (Å²) in [6.07, 6.45) is 7.65. The maximum atomic E-state index is 11.5. The van der Waals surface area contributed by atoms with Crippen LogP contribution in [0.1, 0.15) is 51.9 Å². The molecule has 0 aromatic carbocycles. The van der Waals surface area contributed by atoms with Crippen LogP contribution in [-0.4, -0.2) is 23.2 Å². The number of hydrogen-bond acceptors (Lipinski definition) is 2. The lowest BCUT2D eigenvalue weighted by atomic mass is 9.81. The Morgan fingerprint density at radius 1 is 1.25 bits per heavy atom. The lowest BCUT2D eigenvalue weighted by molar-refractivity contribution is -0.131. The Labute approximate surface area is 97.6 Å². The van der Waals surface area contributed by atoms with Gasteiger partial charge in [-0.15, -0.1) is 0 Å². The third-order valence-corrected chi connectivity index (χ3v) is 4.24. The summed E-state index contributed by atoms with van der Waals surface area (Å²) in [7, 11) is 0. The van der Waals surface area contributed by atoms with E-state index in [1.165, 1.54) is 32.1 Å². The SMILES string of the molecule is CCC1CCC(CNC(=O)C2(O)CC2)CC1. The summed E-state index contributed by atoms with van der Waals surface area (Å²) < 4.78 is 0. The molecule has 2 rings (SSSR count). The molecule has 2 N–H and O–H groups in total. The average Bonchev–Trinajstić information content (AvgIpc) is 3.06. The van der Waals surface area contributed by atoms with Crippen molar-refractivity contribution in [2.24, 2.45) is 11.8 Å². The third-order valence-electron chi connectivity index (χ3n) is 4.24. The van der Waals surface area contributed by atoms with E-state index in [1.807, 2.05) is 0 Å². The molecule has 0 aromatic heterocycles. The first kappa shape index (κ1) is 11.9. The highest BCUT2D eigenvalue weighted by atomic mass is 16.3. The zero-order chi connectivity index (χ0) is 11.6. The Hall–Kier alpha value is -0.570. The molecule has 0 unspecified atom stereocenters. The van der Waals surface area contributed by atoms with Crippen LogP contribution in [0.4, 0.5) is 0 Å². The molecule has 0 aliphatic heterocycles. The first-order valence-corrected chi connectivity index (χ1v) is 6.64. The third kappa shape index (κ3) is 2.76. The minimum absolute atomic E-state index is 0.148. The molecular weight excluding hydrogens is 202 g/mol. The highest BCUT2D eigenvalue weighted by Crippen LogP contribution is 2.35. The van der Waals surface area contributed by atoms with Crippen LogP contribution in [0, 0.1) is 11.8 Å². The molecule has 0 atom stereocenters. The van der Waals surface area contributed by atoms with E-state index in [4.69, 9.17) is 0 Å². The summed E-state index contributed by atoms with van der Waals surface area (Å²) >= 11 is 0. The molecule has 2 aliphatic carbocycles. The van der Waals surface area contributed by atoms with E-state index in [0.29, 0.717) is 18.8 Å². The van der Waals surface area contributed by atoms with Gasteiger partial charge in [0.2, 0.25) is 0 Å². The van der Waals surface area contributed by atoms with E-state index >= 15 is 0 Å². The predicted octanol–water partition coefficient (Wildman–Crippen LogP) is 1.84. The molecule has 0 radical (unpaired) electrons. The van der Waals surface area contributed by atoms with E-state index in [0.717, 1.165) is 12.5 Å². The number of hydrogen-bond donors (Lipinski definition) is 2. The van der Waals surface area contributed by atoms with Crippen molar-refractivity contribution in [1.29, 1.82) is 0 Å². The predicted molar refractivity (Wildman–Crippen MR) is 62.9 cm³/mol. The smallest absolute Gasteiger partial charge is 0.251 e. The second kappa shape index (κ2) is 4.74. The molecule has 0 heterocycles. The maximum absolute atomic E-state index is 11.5. The number of carbonyl (C=O) groups excluding carboxylic acids is 1. The highest BCUT2D eigenvalue weighted by molar-refractivity contribution is 5.87. The zero-order valence-corrected chi connectivity index (χ0v) is 10.2. The zero-order valence-electron chi connectivity index (χ0n) is 10.2. The molecule has 0 aromatic rings. The molecule has 2 saturated carbocycles. The van der Waals surface area contributed by atoms with Crippen molar-refractivity contribution in [2.45, 2.75) is 57.5 Å². The van der Waals surface area contributed by atoms with Crippen LogP contribution >= 0.6 is 0 Å². The first-order valence-electron chi connectivity index (χ1n) is 6.64. The Morgan fingerprint density at radius 2 is 1.81 bits per heavy atom. The van der Waals surface area contributed by atoms with Crippen molar-refractivity contribution in [3.63, 3.8) is 0 Å². The van der Waals surface area contributed by atoms with Gasteiger partial charge in [0.25, 0.3) is 5.91 Å². The topological polar surface area (TPSA) is 49.3 Å². The number of nitrogens with one attached hydrogen (secondary N) is 1. The van der Waals surface area contributed by atoms with Crippen LogP contribution in [0.15, 0.2) is 0 Å². The van der Waals surface area contributed by atoms with Gasteiger partial charge in [0, 0.05) is 6.54 Å². The van der Waals surface area contributed by atoms with Crippen LogP contribution in [0.2, 0.25) is 0 Å². The van der Waals surface area contributed by atoms with Gasteiger partial charge in [-0.3, -0.25) is 4.79 Å². The molecule has 1 amide bonds. The molecule has 2 fully saturated rings. The molecule has 0 spiro atoms. The van der Waals surface area contributed by atoms with Crippen LogP contribution in [-0.2, 0) is 4.79 Å². The van der Waals surface area contributed by atoms with Gasteiger partial charge in [0.15, 0.2) is 0 Å². The minimum atomic E-state index is -0.999. The summed E-state index contributed by atoms with van der Waals surface area (Å²) in [6, 6.07) is 0. The molecule has 16 heavy (non-hydrogen) atoms. The monoisotopic (exact) mass is 225 g/mol. The van der Waals surface area contributed by atoms with Gasteiger partial charge in [0.1, 0.15) is 5.60 Å². The quantitative estimate of drug-likeness (QED) is 0.767. The van der Waals surface area contributed by atoms with Crippen LogP contribution in [0.25, 0.3) is 0 Å². The van der Waals surface area contributed by atoms with Crippen LogP contribution in [0.5, 0.6) is 0 Å². The first-order chi connectivity index (χ1) is 7.64. The van der Waals surface area contributed by atoms with Gasteiger partial charge in [-0.2, -0.15) is 0 Å². The highest BCUT2D eigenvalue weighted by Gasteiger charge is 2.47. The second-order valence-corrected chi connectivity index (χ2v) is 5.54. The largest absolute Gasteiger partial charge is 0.380 e. The maximum Gasteiger partial charge on any atom is 0.251 e. The molecule has 3 nitrogen and oxygen atoms in total. The Morgan fingerprint density at radius 3 is 2.31 bits per heavy atom. The van der Waals surface area contributed by atoms with E-state index in [2.05, 4.69) is 12.2 Å². The molecular formula is C13H23NO2. The molecule has 0 bridgehead atoms. The summed E-state index contributed by atoms with van der Waals surface area (Å²) in [5, 5.41) is 12.5. The molecule has 92 valence electrons. The number of amides is 1. The summed E-state index contributed by atoms with van der Waals surface area (Å²) in [6.45, 7) is 3.02. The Kier molecular flexibility index (Phi) is 3.53. The Balaban J connectivity index is 1.65. The fourth-order valence-corrected chi connectivity index (χ4v) is 2.59. The lowest BCUT2D eigenvalue weighted by Crippen LogP contribution is -2.39. The van der Waals surface area contributed by atoms with Gasteiger partial charge in [-0.1, -0.05) is 26.2 Å². The van der Waals surface area contributed by atoms with Crippen molar-refractivity contribution in [2.75, 3.05) is 6.54 Å². The molecule has 3 heteroatoms. The van der Waals surface area contributed by atoms with E-state index in [-0.39, 0.29) is 5.91 Å². The fourth-order valence-electron chi connectivity index (χ4n) is 2.59. The number of aliphatic hydroxyl groups is 1. The summed E-state index contributed by atoms with van der Waals surface area (Å²) in [5.41, 5.74) is -0.999. The van der Waals surface area contributed by atoms with Crippen LogP contribution < -0.4 is 5.32 Å². The molecule has 2 aliphatic rings. The Bertz CT molecular complexity index is 253. The van der Waals surface area contributed by atoms with E-state index in [9.17, 15) is 9.90 Å². The van der Waals surface area contributed by atoms with E-state index < -0.39 is 5.60 Å². The van der Waals surface area contributed by atoms with Crippen LogP contribution in [0.3, 0.4) is 0 Å². The number of carbonyl (C=O) groups is 1. The molecule has 0 saturated heterocycles. The van der Waals surface area contributed by atoms with E-state index in [1.54, 1.807) is 0 Å². The van der Waals surface area contributed by atoms with Crippen molar-refractivity contribution >= 4 is 5.91 Å². The van der Waals surface area contributed by atoms with Gasteiger partial charge in [-0.25, -0.2) is 0 Å². The van der Waals surface area contributed by atoms with Crippen molar-refractivity contribution in [3.8, 4) is 0 Å².